The van der Waals surface area contributed by atoms with Gasteiger partial charge in [-0.15, -0.1) is 0 Å². The van der Waals surface area contributed by atoms with Crippen LogP contribution in [0.15, 0.2) is 22.7 Å². The van der Waals surface area contributed by atoms with Gasteiger partial charge in [-0.2, -0.15) is 0 Å². The van der Waals surface area contributed by atoms with E-state index in [0.29, 0.717) is 24.1 Å². The maximum atomic E-state index is 11.2. The molecule has 0 amide bonds. The van der Waals surface area contributed by atoms with Gasteiger partial charge in [0.05, 0.1) is 18.0 Å². The zero-order valence-corrected chi connectivity index (χ0v) is 11.9. The van der Waals surface area contributed by atoms with Crippen molar-refractivity contribution in [3.63, 3.8) is 0 Å². The van der Waals surface area contributed by atoms with E-state index in [2.05, 4.69) is 20.7 Å². The number of halogens is 1. The van der Waals surface area contributed by atoms with E-state index in [-0.39, 0.29) is 17.6 Å². The van der Waals surface area contributed by atoms with Gasteiger partial charge >= 0.3 is 5.97 Å². The lowest BCUT2D eigenvalue weighted by Crippen LogP contribution is -2.49. The van der Waals surface area contributed by atoms with Crippen LogP contribution < -0.4 is 0 Å². The summed E-state index contributed by atoms with van der Waals surface area (Å²) in [5.74, 6) is -0.274. The van der Waals surface area contributed by atoms with Crippen molar-refractivity contribution in [3.05, 3.63) is 38.3 Å². The molecule has 0 atom stereocenters. The van der Waals surface area contributed by atoms with Gasteiger partial charge < -0.3 is 4.74 Å². The number of benzene rings is 1. The number of nitrogens with zero attached hydrogens (tertiary/aromatic N) is 2. The van der Waals surface area contributed by atoms with Crippen LogP contribution in [-0.4, -0.2) is 36.0 Å². The minimum atomic E-state index is -0.415. The van der Waals surface area contributed by atoms with Gasteiger partial charge in [0.1, 0.15) is 0 Å². The highest BCUT2D eigenvalue weighted by molar-refractivity contribution is 9.10. The van der Waals surface area contributed by atoms with Crippen molar-refractivity contribution in [3.8, 4) is 0 Å². The van der Waals surface area contributed by atoms with Crippen LogP contribution in [0.3, 0.4) is 0 Å². The quantitative estimate of drug-likeness (QED) is 0.480. The van der Waals surface area contributed by atoms with E-state index in [1.165, 1.54) is 13.2 Å². The van der Waals surface area contributed by atoms with Crippen LogP contribution in [0.25, 0.3) is 0 Å². The van der Waals surface area contributed by atoms with Crippen molar-refractivity contribution in [2.24, 2.45) is 5.92 Å². The van der Waals surface area contributed by atoms with E-state index >= 15 is 0 Å². The average molecular weight is 329 g/mol. The van der Waals surface area contributed by atoms with Crippen LogP contribution in [0.4, 0.5) is 5.69 Å². The molecule has 1 saturated heterocycles. The molecule has 1 fully saturated rings. The molecule has 0 unspecified atom stereocenters. The monoisotopic (exact) mass is 328 g/mol. The summed E-state index contributed by atoms with van der Waals surface area (Å²) in [6.45, 7) is 1.85. The molecule has 1 heterocycles. The predicted molar refractivity (Wildman–Crippen MR) is 71.6 cm³/mol. The molecule has 0 bridgehead atoms. The normalized spacial score (nSPS) is 15.9. The number of carbonyl (C=O) groups excluding carboxylic acids is 1. The summed E-state index contributed by atoms with van der Waals surface area (Å²) < 4.78 is 5.34. The van der Waals surface area contributed by atoms with Crippen molar-refractivity contribution in [2.75, 3.05) is 20.2 Å². The van der Waals surface area contributed by atoms with E-state index in [1.807, 2.05) is 11.0 Å². The molecule has 0 aromatic heterocycles. The van der Waals surface area contributed by atoms with Crippen molar-refractivity contribution < 1.29 is 14.5 Å². The van der Waals surface area contributed by atoms with Crippen LogP contribution in [-0.2, 0) is 16.1 Å². The summed E-state index contributed by atoms with van der Waals surface area (Å²) in [5.41, 5.74) is 0.916. The number of hydrogen-bond donors (Lipinski definition) is 0. The molecule has 1 aromatic carbocycles. The van der Waals surface area contributed by atoms with Gasteiger partial charge in [-0.1, -0.05) is 15.9 Å². The predicted octanol–water partition coefficient (Wildman–Crippen LogP) is 1.96. The van der Waals surface area contributed by atoms with Crippen LogP contribution >= 0.6 is 15.9 Å². The van der Waals surface area contributed by atoms with Crippen molar-refractivity contribution >= 4 is 27.6 Å². The maximum Gasteiger partial charge on any atom is 0.311 e. The minimum absolute atomic E-state index is 0.0643. The van der Waals surface area contributed by atoms with E-state index in [0.717, 1.165) is 5.56 Å². The average Bonchev–Trinajstić information content (AvgIpc) is 2.31. The second-order valence-electron chi connectivity index (χ2n) is 4.49. The second-order valence-corrected chi connectivity index (χ2v) is 5.40. The summed E-state index contributed by atoms with van der Waals surface area (Å²) in [7, 11) is 1.38. The highest BCUT2D eigenvalue weighted by Crippen LogP contribution is 2.25. The molecule has 7 heteroatoms. The van der Waals surface area contributed by atoms with Crippen LogP contribution in [0.5, 0.6) is 0 Å². The fraction of sp³-hybridized carbons (Fsp3) is 0.417. The summed E-state index contributed by atoms with van der Waals surface area (Å²) in [6, 6.07) is 4.87. The standard InChI is InChI=1S/C12H13BrN2O4/c1-19-12(16)9-6-14(7-9)5-8-2-10(13)4-11(3-8)15(17)18/h2-4,9H,5-7H2,1H3. The molecule has 0 spiro atoms. The fourth-order valence-electron chi connectivity index (χ4n) is 2.10. The molecule has 1 aromatic rings. The number of non-ortho nitro benzene ring substituents is 1. The Labute approximate surface area is 118 Å². The molecule has 19 heavy (non-hydrogen) atoms. The Morgan fingerprint density at radius 1 is 1.53 bits per heavy atom. The molecule has 0 N–H and O–H groups in total. The summed E-state index contributed by atoms with van der Waals surface area (Å²) >= 11 is 3.26. The Morgan fingerprint density at radius 2 is 2.21 bits per heavy atom. The topological polar surface area (TPSA) is 72.7 Å². The van der Waals surface area contributed by atoms with Crippen LogP contribution in [0.1, 0.15) is 5.56 Å². The first-order chi connectivity index (χ1) is 8.99. The van der Waals surface area contributed by atoms with Gasteiger partial charge in [0.15, 0.2) is 0 Å². The van der Waals surface area contributed by atoms with E-state index < -0.39 is 4.92 Å². The van der Waals surface area contributed by atoms with E-state index in [1.54, 1.807) is 6.07 Å². The smallest absolute Gasteiger partial charge is 0.311 e. The zero-order chi connectivity index (χ0) is 14.0. The number of hydrogen-bond acceptors (Lipinski definition) is 5. The van der Waals surface area contributed by atoms with Crippen molar-refractivity contribution in [2.45, 2.75) is 6.54 Å². The number of nitro groups is 1. The van der Waals surface area contributed by atoms with E-state index in [9.17, 15) is 14.9 Å². The van der Waals surface area contributed by atoms with Crippen molar-refractivity contribution in [1.82, 2.24) is 4.90 Å². The SMILES string of the molecule is COC(=O)C1CN(Cc2cc(Br)cc([N+](=O)[O-])c2)C1. The Balaban J connectivity index is 1.98. The third-order valence-electron chi connectivity index (χ3n) is 3.05. The lowest BCUT2D eigenvalue weighted by molar-refractivity contribution is -0.385. The van der Waals surface area contributed by atoms with Crippen molar-refractivity contribution in [1.29, 1.82) is 0 Å². The van der Waals surface area contributed by atoms with Gasteiger partial charge in [0.2, 0.25) is 0 Å². The second kappa shape index (κ2) is 5.66. The Morgan fingerprint density at radius 3 is 2.79 bits per heavy atom. The number of likely N-dealkylation sites (tertiary alicyclic amines) is 1. The summed E-state index contributed by atoms with van der Waals surface area (Å²) in [5, 5.41) is 10.8. The first kappa shape index (κ1) is 14.0. The Hall–Kier alpha value is -1.47. The van der Waals surface area contributed by atoms with Gasteiger partial charge in [-0.05, 0) is 11.6 Å². The van der Waals surface area contributed by atoms with Gasteiger partial charge in [-0.3, -0.25) is 19.8 Å². The molecule has 1 aliphatic rings. The number of esters is 1. The summed E-state index contributed by atoms with van der Waals surface area (Å²) in [6.07, 6.45) is 0. The molecular formula is C12H13BrN2O4. The highest BCUT2D eigenvalue weighted by atomic mass is 79.9. The Bertz CT molecular complexity index is 514. The van der Waals surface area contributed by atoms with Crippen LogP contribution in [0, 0.1) is 16.0 Å². The van der Waals surface area contributed by atoms with Gasteiger partial charge in [0, 0.05) is 36.2 Å². The largest absolute Gasteiger partial charge is 0.469 e. The third kappa shape index (κ3) is 3.30. The molecule has 0 saturated carbocycles. The third-order valence-corrected chi connectivity index (χ3v) is 3.51. The molecule has 6 nitrogen and oxygen atoms in total. The Kier molecular flexibility index (Phi) is 4.16. The molecule has 1 aliphatic heterocycles. The number of ether oxygens (including phenoxy) is 1. The number of nitro benzene ring substituents is 1. The fourth-order valence-corrected chi connectivity index (χ4v) is 2.63. The zero-order valence-electron chi connectivity index (χ0n) is 10.3. The maximum absolute atomic E-state index is 11.2. The molecular weight excluding hydrogens is 316 g/mol. The lowest BCUT2D eigenvalue weighted by atomic mass is 9.99. The van der Waals surface area contributed by atoms with Gasteiger partial charge in [0.25, 0.3) is 5.69 Å². The number of rotatable bonds is 4. The summed E-state index contributed by atoms with van der Waals surface area (Å²) in [4.78, 5) is 23.6. The molecule has 0 radical (unpaired) electrons. The lowest BCUT2D eigenvalue weighted by Gasteiger charge is -2.37. The highest BCUT2D eigenvalue weighted by Gasteiger charge is 2.33. The minimum Gasteiger partial charge on any atom is -0.469 e. The number of methoxy groups -OCH3 is 1. The van der Waals surface area contributed by atoms with Crippen LogP contribution in [0.2, 0.25) is 0 Å². The van der Waals surface area contributed by atoms with Gasteiger partial charge in [-0.25, -0.2) is 0 Å². The first-order valence-corrected chi connectivity index (χ1v) is 6.53. The molecule has 102 valence electrons. The van der Waals surface area contributed by atoms with E-state index in [4.69, 9.17) is 0 Å². The first-order valence-electron chi connectivity index (χ1n) is 5.73. The molecule has 2 rings (SSSR count). The number of carbonyl (C=O) groups is 1. The molecule has 0 aliphatic carbocycles.